The Morgan fingerprint density at radius 2 is 1.33 bits per heavy atom. The van der Waals surface area contributed by atoms with Gasteiger partial charge in [-0.25, -0.2) is 4.39 Å². The maximum atomic E-state index is 13.9. The van der Waals surface area contributed by atoms with Crippen molar-refractivity contribution in [3.05, 3.63) is 107 Å². The molecule has 0 saturated carbocycles. The Labute approximate surface area is 175 Å². The minimum absolute atomic E-state index is 0.138. The van der Waals surface area contributed by atoms with Crippen LogP contribution in [0, 0.1) is 5.82 Å². The maximum Gasteiger partial charge on any atom is 0.254 e. The minimum atomic E-state index is -0.204. The van der Waals surface area contributed by atoms with E-state index in [9.17, 15) is 14.0 Å². The zero-order chi connectivity index (χ0) is 20.9. The van der Waals surface area contributed by atoms with Crippen LogP contribution in [0.4, 0.5) is 4.39 Å². The first-order chi connectivity index (χ1) is 14.6. The number of hydrogen-bond donors (Lipinski definition) is 0. The summed E-state index contributed by atoms with van der Waals surface area (Å²) >= 11 is 0. The summed E-state index contributed by atoms with van der Waals surface area (Å²) in [6.07, 6.45) is 0. The molecule has 0 atom stereocenters. The van der Waals surface area contributed by atoms with Crippen LogP contribution in [0.2, 0.25) is 0 Å². The Morgan fingerprint density at radius 3 is 2.03 bits per heavy atom. The van der Waals surface area contributed by atoms with Crippen molar-refractivity contribution in [3.8, 4) is 0 Å². The molecule has 4 rings (SSSR count). The van der Waals surface area contributed by atoms with Crippen molar-refractivity contribution < 1.29 is 14.0 Å². The third-order valence-corrected chi connectivity index (χ3v) is 5.45. The van der Waals surface area contributed by atoms with Gasteiger partial charge in [-0.15, -0.1) is 0 Å². The normalized spacial score (nSPS) is 14.5. The lowest BCUT2D eigenvalue weighted by Crippen LogP contribution is -2.48. The molecule has 0 radical (unpaired) electrons. The van der Waals surface area contributed by atoms with Crippen LogP contribution in [0.15, 0.2) is 78.9 Å². The van der Waals surface area contributed by atoms with Gasteiger partial charge in [0, 0.05) is 49.4 Å². The Bertz CT molecular complexity index is 1040. The van der Waals surface area contributed by atoms with Crippen LogP contribution in [0.5, 0.6) is 0 Å². The highest BCUT2D eigenvalue weighted by Crippen LogP contribution is 2.19. The van der Waals surface area contributed by atoms with Crippen molar-refractivity contribution in [1.82, 2.24) is 9.80 Å². The molecule has 3 aromatic rings. The van der Waals surface area contributed by atoms with Crippen LogP contribution in [-0.4, -0.2) is 47.7 Å². The summed E-state index contributed by atoms with van der Waals surface area (Å²) in [6.45, 7) is 2.93. The van der Waals surface area contributed by atoms with Crippen LogP contribution in [0.3, 0.4) is 0 Å². The molecule has 152 valence electrons. The number of ketones is 1. The standard InChI is InChI=1S/C25H23FN2O2/c26-23-13-7-4-10-20(23)18-27-14-16-28(17-15-27)25(30)22-12-6-5-11-21(22)24(29)19-8-2-1-3-9-19/h1-13H,14-18H2. The molecular weight excluding hydrogens is 379 g/mol. The van der Waals surface area contributed by atoms with E-state index in [2.05, 4.69) is 4.90 Å². The zero-order valence-corrected chi connectivity index (χ0v) is 16.6. The van der Waals surface area contributed by atoms with Gasteiger partial charge in [-0.2, -0.15) is 0 Å². The number of piperazine rings is 1. The fraction of sp³-hybridized carbons (Fsp3) is 0.200. The lowest BCUT2D eigenvalue weighted by atomic mass is 9.97. The molecule has 30 heavy (non-hydrogen) atoms. The molecule has 1 aliphatic heterocycles. The van der Waals surface area contributed by atoms with Gasteiger partial charge >= 0.3 is 0 Å². The van der Waals surface area contributed by atoms with Crippen molar-refractivity contribution in [2.45, 2.75) is 6.54 Å². The lowest BCUT2D eigenvalue weighted by Gasteiger charge is -2.35. The van der Waals surface area contributed by atoms with E-state index in [0.717, 1.165) is 0 Å². The molecule has 4 nitrogen and oxygen atoms in total. The number of carbonyl (C=O) groups is 2. The van der Waals surface area contributed by atoms with E-state index in [4.69, 9.17) is 0 Å². The minimum Gasteiger partial charge on any atom is -0.336 e. The quantitative estimate of drug-likeness (QED) is 0.606. The molecular formula is C25H23FN2O2. The van der Waals surface area contributed by atoms with Gasteiger partial charge in [-0.05, 0) is 12.1 Å². The molecule has 1 aliphatic rings. The predicted molar refractivity (Wildman–Crippen MR) is 114 cm³/mol. The molecule has 0 aliphatic carbocycles. The fourth-order valence-electron chi connectivity index (χ4n) is 3.76. The Kier molecular flexibility index (Phi) is 6.00. The molecule has 0 aromatic heterocycles. The van der Waals surface area contributed by atoms with Crippen molar-refractivity contribution in [1.29, 1.82) is 0 Å². The Balaban J connectivity index is 1.45. The molecule has 0 unspecified atom stereocenters. The molecule has 1 fully saturated rings. The van der Waals surface area contributed by atoms with Crippen LogP contribution in [0.25, 0.3) is 0 Å². The van der Waals surface area contributed by atoms with E-state index >= 15 is 0 Å². The van der Waals surface area contributed by atoms with Gasteiger partial charge in [0.05, 0.1) is 5.56 Å². The second kappa shape index (κ2) is 9.01. The van der Waals surface area contributed by atoms with Gasteiger partial charge in [0.25, 0.3) is 5.91 Å². The fourth-order valence-corrected chi connectivity index (χ4v) is 3.76. The Morgan fingerprint density at radius 1 is 0.733 bits per heavy atom. The number of amides is 1. The van der Waals surface area contributed by atoms with Gasteiger partial charge in [0.1, 0.15) is 5.82 Å². The van der Waals surface area contributed by atoms with E-state index < -0.39 is 0 Å². The van der Waals surface area contributed by atoms with Gasteiger partial charge in [-0.1, -0.05) is 66.7 Å². The van der Waals surface area contributed by atoms with Crippen LogP contribution < -0.4 is 0 Å². The van der Waals surface area contributed by atoms with E-state index in [1.54, 1.807) is 53.4 Å². The molecule has 3 aromatic carbocycles. The lowest BCUT2D eigenvalue weighted by molar-refractivity contribution is 0.0624. The summed E-state index contributed by atoms with van der Waals surface area (Å²) in [6, 6.07) is 22.7. The van der Waals surface area contributed by atoms with Crippen LogP contribution >= 0.6 is 0 Å². The molecule has 5 heteroatoms. The van der Waals surface area contributed by atoms with Gasteiger partial charge < -0.3 is 4.90 Å². The average molecular weight is 402 g/mol. The zero-order valence-electron chi connectivity index (χ0n) is 16.6. The first-order valence-corrected chi connectivity index (χ1v) is 10.1. The van der Waals surface area contributed by atoms with Gasteiger partial charge in [-0.3, -0.25) is 14.5 Å². The number of carbonyl (C=O) groups excluding carboxylic acids is 2. The number of rotatable bonds is 5. The first kappa shape index (κ1) is 20.0. The van der Waals surface area contributed by atoms with Gasteiger partial charge in [0.2, 0.25) is 0 Å². The maximum absolute atomic E-state index is 13.9. The molecule has 1 heterocycles. The summed E-state index contributed by atoms with van der Waals surface area (Å²) in [5.41, 5.74) is 2.07. The molecule has 0 spiro atoms. The predicted octanol–water partition coefficient (Wildman–Crippen LogP) is 4.01. The number of benzene rings is 3. The summed E-state index contributed by atoms with van der Waals surface area (Å²) in [5, 5.41) is 0. The van der Waals surface area contributed by atoms with Gasteiger partial charge in [0.15, 0.2) is 5.78 Å². The highest BCUT2D eigenvalue weighted by molar-refractivity contribution is 6.15. The van der Waals surface area contributed by atoms with Crippen molar-refractivity contribution in [2.24, 2.45) is 0 Å². The Hall–Kier alpha value is -3.31. The molecule has 1 amide bonds. The van der Waals surface area contributed by atoms with Crippen LogP contribution in [-0.2, 0) is 6.54 Å². The molecule has 0 N–H and O–H groups in total. The molecule has 0 bridgehead atoms. The van der Waals surface area contributed by atoms with E-state index in [1.165, 1.54) is 6.07 Å². The summed E-state index contributed by atoms with van der Waals surface area (Å²) < 4.78 is 13.9. The smallest absolute Gasteiger partial charge is 0.254 e. The number of nitrogens with zero attached hydrogens (tertiary/aromatic N) is 2. The molecule has 1 saturated heterocycles. The number of hydrogen-bond acceptors (Lipinski definition) is 3. The summed E-state index contributed by atoms with van der Waals surface area (Å²) in [7, 11) is 0. The monoisotopic (exact) mass is 402 g/mol. The second-order valence-electron chi connectivity index (χ2n) is 7.40. The summed E-state index contributed by atoms with van der Waals surface area (Å²) in [4.78, 5) is 30.0. The van der Waals surface area contributed by atoms with Crippen LogP contribution in [0.1, 0.15) is 31.8 Å². The van der Waals surface area contributed by atoms with E-state index in [1.807, 2.05) is 24.3 Å². The largest absolute Gasteiger partial charge is 0.336 e. The van der Waals surface area contributed by atoms with Crippen molar-refractivity contribution in [3.63, 3.8) is 0 Å². The number of halogens is 1. The highest BCUT2D eigenvalue weighted by atomic mass is 19.1. The highest BCUT2D eigenvalue weighted by Gasteiger charge is 2.26. The topological polar surface area (TPSA) is 40.6 Å². The SMILES string of the molecule is O=C(c1ccccc1)c1ccccc1C(=O)N1CCN(Cc2ccccc2F)CC1. The van der Waals surface area contributed by atoms with Crippen molar-refractivity contribution in [2.75, 3.05) is 26.2 Å². The van der Waals surface area contributed by atoms with Crippen molar-refractivity contribution >= 4 is 11.7 Å². The van der Waals surface area contributed by atoms with E-state index in [0.29, 0.717) is 55.0 Å². The first-order valence-electron chi connectivity index (χ1n) is 10.1. The average Bonchev–Trinajstić information content (AvgIpc) is 2.81. The third-order valence-electron chi connectivity index (χ3n) is 5.45. The third kappa shape index (κ3) is 4.31. The second-order valence-corrected chi connectivity index (χ2v) is 7.40. The van der Waals surface area contributed by atoms with E-state index in [-0.39, 0.29) is 17.5 Å². The summed E-state index contributed by atoms with van der Waals surface area (Å²) in [5.74, 6) is -0.498.